The van der Waals surface area contributed by atoms with Crippen LogP contribution in [0.25, 0.3) is 0 Å². The summed E-state index contributed by atoms with van der Waals surface area (Å²) in [6, 6.07) is 23.2. The Morgan fingerprint density at radius 2 is 1.66 bits per heavy atom. The Bertz CT molecular complexity index is 1040. The second-order valence-corrected chi connectivity index (χ2v) is 7.56. The molecule has 4 rings (SSSR count). The molecule has 166 valence electrons. The van der Waals surface area contributed by atoms with Crippen molar-refractivity contribution in [1.29, 1.82) is 0 Å². The lowest BCUT2D eigenvalue weighted by Gasteiger charge is -2.27. The Kier molecular flexibility index (Phi) is 6.80. The predicted molar refractivity (Wildman–Crippen MR) is 123 cm³/mol. The SMILES string of the molecule is CCN(Cc1ccc2c(c1)OCCO2)C(=O)N[C@H](c1ccccc1)c1ccc(OC)cc1. The van der Waals surface area contributed by atoms with E-state index >= 15 is 0 Å². The van der Waals surface area contributed by atoms with E-state index in [1.54, 1.807) is 12.0 Å². The Morgan fingerprint density at radius 1 is 0.969 bits per heavy atom. The summed E-state index contributed by atoms with van der Waals surface area (Å²) in [6.45, 7) is 4.12. The number of hydrogen-bond donors (Lipinski definition) is 1. The molecule has 2 amide bonds. The largest absolute Gasteiger partial charge is 0.497 e. The van der Waals surface area contributed by atoms with Gasteiger partial charge in [0.1, 0.15) is 19.0 Å². The Balaban J connectivity index is 1.53. The molecule has 0 aromatic heterocycles. The minimum atomic E-state index is -0.274. The molecule has 0 fully saturated rings. The first-order chi connectivity index (χ1) is 15.7. The van der Waals surface area contributed by atoms with Gasteiger partial charge < -0.3 is 24.4 Å². The van der Waals surface area contributed by atoms with E-state index in [0.29, 0.717) is 26.3 Å². The van der Waals surface area contributed by atoms with Crippen molar-refractivity contribution in [3.05, 3.63) is 89.5 Å². The number of nitrogens with one attached hydrogen (secondary N) is 1. The fourth-order valence-electron chi connectivity index (χ4n) is 3.75. The minimum absolute atomic E-state index is 0.132. The number of rotatable bonds is 7. The number of carbonyl (C=O) groups is 1. The average molecular weight is 433 g/mol. The molecule has 1 atom stereocenters. The van der Waals surface area contributed by atoms with Crippen LogP contribution in [0.1, 0.15) is 29.7 Å². The maximum absolute atomic E-state index is 13.3. The Morgan fingerprint density at radius 3 is 2.34 bits per heavy atom. The number of urea groups is 1. The van der Waals surface area contributed by atoms with Crippen LogP contribution in [0.3, 0.4) is 0 Å². The molecule has 1 heterocycles. The summed E-state index contributed by atoms with van der Waals surface area (Å²) in [5.74, 6) is 2.25. The molecular formula is C26H28N2O4. The maximum Gasteiger partial charge on any atom is 0.318 e. The maximum atomic E-state index is 13.3. The van der Waals surface area contributed by atoms with E-state index in [4.69, 9.17) is 14.2 Å². The predicted octanol–water partition coefficient (Wildman–Crippen LogP) is 4.79. The molecule has 0 spiro atoms. The van der Waals surface area contributed by atoms with Gasteiger partial charge in [0.2, 0.25) is 0 Å². The highest BCUT2D eigenvalue weighted by Crippen LogP contribution is 2.31. The average Bonchev–Trinajstić information content (AvgIpc) is 2.86. The molecule has 0 aliphatic carbocycles. The van der Waals surface area contributed by atoms with Gasteiger partial charge in [-0.15, -0.1) is 0 Å². The van der Waals surface area contributed by atoms with Crippen molar-refractivity contribution in [3.63, 3.8) is 0 Å². The van der Waals surface area contributed by atoms with Crippen LogP contribution in [0.15, 0.2) is 72.8 Å². The van der Waals surface area contributed by atoms with Gasteiger partial charge in [-0.1, -0.05) is 48.5 Å². The van der Waals surface area contributed by atoms with Gasteiger partial charge in [-0.05, 0) is 47.9 Å². The summed E-state index contributed by atoms with van der Waals surface area (Å²) in [5.41, 5.74) is 2.99. The number of hydrogen-bond acceptors (Lipinski definition) is 4. The standard InChI is InChI=1S/C26H28N2O4/c1-3-28(18-19-9-14-23-24(17-19)32-16-15-31-23)26(29)27-25(20-7-5-4-6-8-20)21-10-12-22(30-2)13-11-21/h4-14,17,25H,3,15-16,18H2,1-2H3,(H,27,29)/t25-/m1/s1. The molecule has 0 saturated heterocycles. The first-order valence-corrected chi connectivity index (χ1v) is 10.8. The molecule has 1 N–H and O–H groups in total. The van der Waals surface area contributed by atoms with Crippen molar-refractivity contribution in [1.82, 2.24) is 10.2 Å². The highest BCUT2D eigenvalue weighted by atomic mass is 16.6. The van der Waals surface area contributed by atoms with Crippen LogP contribution in [0.2, 0.25) is 0 Å². The van der Waals surface area contributed by atoms with E-state index in [0.717, 1.165) is 33.9 Å². The van der Waals surface area contributed by atoms with E-state index in [9.17, 15) is 4.79 Å². The number of ether oxygens (including phenoxy) is 3. The number of amides is 2. The number of nitrogens with zero attached hydrogens (tertiary/aromatic N) is 1. The van der Waals surface area contributed by atoms with Gasteiger partial charge in [-0.2, -0.15) is 0 Å². The summed E-state index contributed by atoms with van der Waals surface area (Å²) < 4.78 is 16.6. The zero-order chi connectivity index (χ0) is 22.3. The third kappa shape index (κ3) is 4.97. The topological polar surface area (TPSA) is 60.0 Å². The van der Waals surface area contributed by atoms with Crippen molar-refractivity contribution in [3.8, 4) is 17.2 Å². The number of benzene rings is 3. The van der Waals surface area contributed by atoms with E-state index in [1.807, 2.05) is 79.7 Å². The molecule has 3 aromatic rings. The lowest BCUT2D eigenvalue weighted by molar-refractivity contribution is 0.171. The third-order valence-electron chi connectivity index (χ3n) is 5.50. The van der Waals surface area contributed by atoms with Crippen LogP contribution in [-0.2, 0) is 6.54 Å². The molecule has 1 aliphatic heterocycles. The van der Waals surface area contributed by atoms with Gasteiger partial charge in [0, 0.05) is 13.1 Å². The van der Waals surface area contributed by atoms with E-state index in [2.05, 4.69) is 5.32 Å². The molecule has 3 aromatic carbocycles. The summed E-state index contributed by atoms with van der Waals surface area (Å²) in [4.78, 5) is 15.1. The van der Waals surface area contributed by atoms with Gasteiger partial charge in [0.05, 0.1) is 13.2 Å². The molecule has 6 heteroatoms. The highest BCUT2D eigenvalue weighted by Gasteiger charge is 2.21. The first kappa shape index (κ1) is 21.6. The second kappa shape index (κ2) is 10.1. The summed E-state index contributed by atoms with van der Waals surface area (Å²) in [6.07, 6.45) is 0. The van der Waals surface area contributed by atoms with Gasteiger partial charge in [-0.3, -0.25) is 0 Å². The Hall–Kier alpha value is -3.67. The fraction of sp³-hybridized carbons (Fsp3) is 0.269. The molecular weight excluding hydrogens is 404 g/mol. The van der Waals surface area contributed by atoms with Crippen LogP contribution in [-0.4, -0.2) is 37.8 Å². The van der Waals surface area contributed by atoms with Crippen molar-refractivity contribution >= 4 is 6.03 Å². The summed E-state index contributed by atoms with van der Waals surface area (Å²) in [5, 5.41) is 3.21. The lowest BCUT2D eigenvalue weighted by atomic mass is 9.98. The number of methoxy groups -OCH3 is 1. The molecule has 0 saturated carbocycles. The molecule has 32 heavy (non-hydrogen) atoms. The van der Waals surface area contributed by atoms with Gasteiger partial charge in [0.15, 0.2) is 11.5 Å². The summed E-state index contributed by atoms with van der Waals surface area (Å²) >= 11 is 0. The summed E-state index contributed by atoms with van der Waals surface area (Å²) in [7, 11) is 1.64. The number of fused-ring (bicyclic) bond motifs is 1. The Labute approximate surface area is 188 Å². The van der Waals surface area contributed by atoms with E-state index in [1.165, 1.54) is 0 Å². The molecule has 1 aliphatic rings. The van der Waals surface area contributed by atoms with Crippen LogP contribution in [0.4, 0.5) is 4.79 Å². The quantitative estimate of drug-likeness (QED) is 0.583. The van der Waals surface area contributed by atoms with Gasteiger partial charge in [0.25, 0.3) is 0 Å². The molecule has 6 nitrogen and oxygen atoms in total. The lowest BCUT2D eigenvalue weighted by Crippen LogP contribution is -2.41. The zero-order valence-corrected chi connectivity index (χ0v) is 18.4. The minimum Gasteiger partial charge on any atom is -0.497 e. The molecule has 0 bridgehead atoms. The molecule has 0 radical (unpaired) electrons. The van der Waals surface area contributed by atoms with Crippen LogP contribution in [0.5, 0.6) is 17.2 Å². The van der Waals surface area contributed by atoms with Crippen LogP contribution in [0, 0.1) is 0 Å². The van der Waals surface area contributed by atoms with E-state index in [-0.39, 0.29) is 12.1 Å². The normalized spacial score (nSPS) is 13.2. The monoisotopic (exact) mass is 432 g/mol. The van der Waals surface area contributed by atoms with Crippen molar-refractivity contribution in [2.75, 3.05) is 26.9 Å². The van der Waals surface area contributed by atoms with Crippen molar-refractivity contribution < 1.29 is 19.0 Å². The van der Waals surface area contributed by atoms with Crippen LogP contribution >= 0.6 is 0 Å². The highest BCUT2D eigenvalue weighted by molar-refractivity contribution is 5.75. The number of carbonyl (C=O) groups excluding carboxylic acids is 1. The van der Waals surface area contributed by atoms with E-state index < -0.39 is 0 Å². The van der Waals surface area contributed by atoms with Crippen LogP contribution < -0.4 is 19.5 Å². The molecule has 0 unspecified atom stereocenters. The fourth-order valence-corrected chi connectivity index (χ4v) is 3.75. The van der Waals surface area contributed by atoms with Crippen molar-refractivity contribution in [2.24, 2.45) is 0 Å². The van der Waals surface area contributed by atoms with Crippen molar-refractivity contribution in [2.45, 2.75) is 19.5 Å². The third-order valence-corrected chi connectivity index (χ3v) is 5.50. The first-order valence-electron chi connectivity index (χ1n) is 10.8. The zero-order valence-electron chi connectivity index (χ0n) is 18.4. The smallest absolute Gasteiger partial charge is 0.318 e. The second-order valence-electron chi connectivity index (χ2n) is 7.56. The van der Waals surface area contributed by atoms with Gasteiger partial charge >= 0.3 is 6.03 Å². The van der Waals surface area contributed by atoms with Gasteiger partial charge in [-0.25, -0.2) is 4.79 Å².